The number of rotatable bonds is 4. The van der Waals surface area contributed by atoms with Crippen LogP contribution in [0.4, 0.5) is 0 Å². The number of methoxy groups -OCH3 is 2. The molecule has 0 spiro atoms. The van der Waals surface area contributed by atoms with Crippen molar-refractivity contribution in [2.75, 3.05) is 14.2 Å². The first kappa shape index (κ1) is 12.0. The average molecular weight is 232 g/mol. The molecular formula is C15H20O2. The largest absolute Gasteiger partial charge is 0.501 e. The van der Waals surface area contributed by atoms with Crippen LogP contribution in [0.15, 0.2) is 47.0 Å². The highest BCUT2D eigenvalue weighted by Crippen LogP contribution is 2.29. The minimum Gasteiger partial charge on any atom is -0.501 e. The SMILES string of the molecule is COC1=CCC=C(CC2=CCC=C(OC)C2)C1. The first-order valence-electron chi connectivity index (χ1n) is 6.13. The minimum absolute atomic E-state index is 0.958. The Morgan fingerprint density at radius 2 is 1.29 bits per heavy atom. The van der Waals surface area contributed by atoms with Gasteiger partial charge in [0.1, 0.15) is 0 Å². The highest BCUT2D eigenvalue weighted by molar-refractivity contribution is 5.28. The summed E-state index contributed by atoms with van der Waals surface area (Å²) < 4.78 is 10.6. The predicted octanol–water partition coefficient (Wildman–Crippen LogP) is 3.88. The lowest BCUT2D eigenvalue weighted by molar-refractivity contribution is 0.277. The van der Waals surface area contributed by atoms with Crippen molar-refractivity contribution in [2.24, 2.45) is 0 Å². The normalized spacial score (nSPS) is 19.9. The molecule has 0 fully saturated rings. The molecule has 0 atom stereocenters. The van der Waals surface area contributed by atoms with Crippen LogP contribution in [-0.2, 0) is 9.47 Å². The first-order chi connectivity index (χ1) is 8.31. The molecule has 0 amide bonds. The molecule has 2 heteroatoms. The van der Waals surface area contributed by atoms with E-state index in [2.05, 4.69) is 24.3 Å². The van der Waals surface area contributed by atoms with E-state index in [-0.39, 0.29) is 0 Å². The molecule has 0 bridgehead atoms. The lowest BCUT2D eigenvalue weighted by atomic mass is 9.92. The van der Waals surface area contributed by atoms with Gasteiger partial charge in [0.15, 0.2) is 0 Å². The standard InChI is InChI=1S/C15H20O2/c1-16-14-7-3-5-12(10-14)9-13-6-4-8-15(11-13)17-2/h5-8H,3-4,9-11H2,1-2H3. The molecule has 0 aliphatic heterocycles. The first-order valence-corrected chi connectivity index (χ1v) is 6.13. The summed E-state index contributed by atoms with van der Waals surface area (Å²) in [5, 5.41) is 0. The smallest absolute Gasteiger partial charge is 0.0959 e. The van der Waals surface area contributed by atoms with Gasteiger partial charge < -0.3 is 9.47 Å². The van der Waals surface area contributed by atoms with E-state index >= 15 is 0 Å². The molecule has 0 N–H and O–H groups in total. The molecule has 0 aromatic heterocycles. The molecule has 2 aliphatic carbocycles. The van der Waals surface area contributed by atoms with E-state index in [1.165, 1.54) is 11.1 Å². The van der Waals surface area contributed by atoms with Gasteiger partial charge in [-0.15, -0.1) is 0 Å². The Kier molecular flexibility index (Phi) is 4.08. The zero-order valence-electron chi connectivity index (χ0n) is 10.7. The van der Waals surface area contributed by atoms with Crippen molar-refractivity contribution in [1.29, 1.82) is 0 Å². The van der Waals surface area contributed by atoms with E-state index < -0.39 is 0 Å². The van der Waals surface area contributed by atoms with Gasteiger partial charge in [0.2, 0.25) is 0 Å². The number of hydrogen-bond donors (Lipinski definition) is 0. The second-order valence-electron chi connectivity index (χ2n) is 4.48. The molecule has 0 aromatic carbocycles. The van der Waals surface area contributed by atoms with Gasteiger partial charge in [-0.25, -0.2) is 0 Å². The van der Waals surface area contributed by atoms with Crippen LogP contribution in [0.1, 0.15) is 32.1 Å². The summed E-state index contributed by atoms with van der Waals surface area (Å²) in [6.07, 6.45) is 13.9. The molecule has 92 valence electrons. The second-order valence-corrected chi connectivity index (χ2v) is 4.48. The Hall–Kier alpha value is -1.44. The van der Waals surface area contributed by atoms with E-state index in [1.54, 1.807) is 14.2 Å². The molecule has 2 rings (SSSR count). The molecule has 2 nitrogen and oxygen atoms in total. The summed E-state index contributed by atoms with van der Waals surface area (Å²) in [5.41, 5.74) is 2.93. The lowest BCUT2D eigenvalue weighted by Gasteiger charge is -2.18. The fourth-order valence-electron chi connectivity index (χ4n) is 2.32. The molecule has 0 heterocycles. The van der Waals surface area contributed by atoms with Crippen LogP contribution >= 0.6 is 0 Å². The summed E-state index contributed by atoms with van der Waals surface area (Å²) in [6, 6.07) is 0. The number of allylic oxidation sites excluding steroid dienone is 6. The Morgan fingerprint density at radius 1 is 0.824 bits per heavy atom. The van der Waals surface area contributed by atoms with Crippen LogP contribution in [0.5, 0.6) is 0 Å². The van der Waals surface area contributed by atoms with Gasteiger partial charge in [0.25, 0.3) is 0 Å². The highest BCUT2D eigenvalue weighted by Gasteiger charge is 2.12. The summed E-state index contributed by atoms with van der Waals surface area (Å²) in [7, 11) is 3.50. The third kappa shape index (κ3) is 3.26. The number of ether oxygens (including phenoxy) is 2. The van der Waals surface area contributed by atoms with Crippen molar-refractivity contribution in [3.05, 3.63) is 47.0 Å². The van der Waals surface area contributed by atoms with Crippen LogP contribution in [0.25, 0.3) is 0 Å². The van der Waals surface area contributed by atoms with Crippen molar-refractivity contribution in [1.82, 2.24) is 0 Å². The van der Waals surface area contributed by atoms with Crippen molar-refractivity contribution in [3.63, 3.8) is 0 Å². The zero-order valence-corrected chi connectivity index (χ0v) is 10.7. The predicted molar refractivity (Wildman–Crippen MR) is 69.4 cm³/mol. The van der Waals surface area contributed by atoms with Crippen molar-refractivity contribution < 1.29 is 9.47 Å². The van der Waals surface area contributed by atoms with Crippen molar-refractivity contribution >= 4 is 0 Å². The third-order valence-corrected chi connectivity index (χ3v) is 3.29. The van der Waals surface area contributed by atoms with E-state index in [0.29, 0.717) is 0 Å². The van der Waals surface area contributed by atoms with Gasteiger partial charge in [-0.05, 0) is 31.4 Å². The maximum absolute atomic E-state index is 5.32. The Morgan fingerprint density at radius 3 is 1.71 bits per heavy atom. The van der Waals surface area contributed by atoms with E-state index in [4.69, 9.17) is 9.47 Å². The molecule has 0 radical (unpaired) electrons. The zero-order chi connectivity index (χ0) is 12.1. The van der Waals surface area contributed by atoms with Crippen molar-refractivity contribution in [3.8, 4) is 0 Å². The Labute approximate surface area is 103 Å². The van der Waals surface area contributed by atoms with Crippen molar-refractivity contribution in [2.45, 2.75) is 32.1 Å². The molecule has 0 saturated carbocycles. The second kappa shape index (κ2) is 5.76. The fourth-order valence-corrected chi connectivity index (χ4v) is 2.32. The summed E-state index contributed by atoms with van der Waals surface area (Å²) in [5.74, 6) is 2.20. The van der Waals surface area contributed by atoms with Gasteiger partial charge in [-0.3, -0.25) is 0 Å². The highest BCUT2D eigenvalue weighted by atomic mass is 16.5. The van der Waals surface area contributed by atoms with Crippen LogP contribution in [0.3, 0.4) is 0 Å². The van der Waals surface area contributed by atoms with E-state index in [9.17, 15) is 0 Å². The Bertz CT molecular complexity index is 359. The fraction of sp³-hybridized carbons (Fsp3) is 0.467. The van der Waals surface area contributed by atoms with Gasteiger partial charge in [-0.2, -0.15) is 0 Å². The van der Waals surface area contributed by atoms with Gasteiger partial charge >= 0.3 is 0 Å². The lowest BCUT2D eigenvalue weighted by Crippen LogP contribution is -2.01. The Balaban J connectivity index is 1.90. The van der Waals surface area contributed by atoms with Crippen LogP contribution in [-0.4, -0.2) is 14.2 Å². The minimum atomic E-state index is 0.958. The monoisotopic (exact) mass is 232 g/mol. The molecule has 2 aliphatic rings. The molecule has 17 heavy (non-hydrogen) atoms. The summed E-state index contributed by atoms with van der Waals surface area (Å²) in [6.45, 7) is 0. The molecule has 0 saturated heterocycles. The molecule has 0 unspecified atom stereocenters. The summed E-state index contributed by atoms with van der Waals surface area (Å²) >= 11 is 0. The van der Waals surface area contributed by atoms with E-state index in [1.807, 2.05) is 0 Å². The van der Waals surface area contributed by atoms with Crippen LogP contribution in [0, 0.1) is 0 Å². The van der Waals surface area contributed by atoms with Gasteiger partial charge in [-0.1, -0.05) is 23.3 Å². The summed E-state index contributed by atoms with van der Waals surface area (Å²) in [4.78, 5) is 0. The number of hydrogen-bond acceptors (Lipinski definition) is 2. The van der Waals surface area contributed by atoms with Gasteiger partial charge in [0.05, 0.1) is 25.7 Å². The van der Waals surface area contributed by atoms with Crippen LogP contribution in [0.2, 0.25) is 0 Å². The third-order valence-electron chi connectivity index (χ3n) is 3.29. The van der Waals surface area contributed by atoms with Crippen LogP contribution < -0.4 is 0 Å². The van der Waals surface area contributed by atoms with Gasteiger partial charge in [0, 0.05) is 12.8 Å². The average Bonchev–Trinajstić information content (AvgIpc) is 2.39. The molecular weight excluding hydrogens is 212 g/mol. The quantitative estimate of drug-likeness (QED) is 0.685. The maximum atomic E-state index is 5.32. The van der Waals surface area contributed by atoms with E-state index in [0.717, 1.165) is 43.6 Å². The topological polar surface area (TPSA) is 18.5 Å². The molecule has 0 aromatic rings. The maximum Gasteiger partial charge on any atom is 0.0959 e.